The van der Waals surface area contributed by atoms with Gasteiger partial charge in [0.2, 0.25) is 0 Å². The molecule has 1 fully saturated rings. The van der Waals surface area contributed by atoms with E-state index in [4.69, 9.17) is 0 Å². The van der Waals surface area contributed by atoms with Gasteiger partial charge in [-0.2, -0.15) is 11.8 Å². The summed E-state index contributed by atoms with van der Waals surface area (Å²) in [5.41, 5.74) is 0.543. The van der Waals surface area contributed by atoms with Crippen molar-refractivity contribution in [1.29, 1.82) is 0 Å². The van der Waals surface area contributed by atoms with E-state index in [9.17, 15) is 8.42 Å². The Hall–Kier alpha value is -0.830. The highest BCUT2D eigenvalue weighted by Crippen LogP contribution is 2.17. The van der Waals surface area contributed by atoms with Crippen molar-refractivity contribution in [2.24, 2.45) is 0 Å². The Labute approximate surface area is 130 Å². The lowest BCUT2D eigenvalue weighted by molar-refractivity contribution is 0.307. The predicted molar refractivity (Wildman–Crippen MR) is 87.4 cm³/mol. The van der Waals surface area contributed by atoms with Crippen LogP contribution in [0.1, 0.15) is 6.92 Å². The van der Waals surface area contributed by atoms with Crippen molar-refractivity contribution in [2.75, 3.05) is 49.5 Å². The first kappa shape index (κ1) is 16.5. The Bertz CT molecular complexity index is 545. The zero-order valence-electron chi connectivity index (χ0n) is 12.2. The number of hydrogen-bond acceptors (Lipinski definition) is 6. The molecule has 0 amide bonds. The van der Waals surface area contributed by atoms with Crippen LogP contribution < -0.4 is 10.0 Å². The van der Waals surface area contributed by atoms with Gasteiger partial charge in [0, 0.05) is 50.4 Å². The molecule has 1 aromatic rings. The Balaban J connectivity index is 1.94. The number of anilines is 1. The molecule has 21 heavy (non-hydrogen) atoms. The van der Waals surface area contributed by atoms with Crippen molar-refractivity contribution < 1.29 is 8.42 Å². The molecule has 2 N–H and O–H groups in total. The van der Waals surface area contributed by atoms with E-state index < -0.39 is 10.0 Å². The minimum absolute atomic E-state index is 0.0704. The molecule has 0 bridgehead atoms. The van der Waals surface area contributed by atoms with Gasteiger partial charge in [0.1, 0.15) is 0 Å². The van der Waals surface area contributed by atoms with Crippen LogP contribution >= 0.6 is 11.8 Å². The fourth-order valence-corrected chi connectivity index (χ4v) is 4.27. The maximum Gasteiger partial charge on any atom is 0.260 e. The maximum atomic E-state index is 12.3. The van der Waals surface area contributed by atoms with Gasteiger partial charge in [-0.15, -0.1) is 0 Å². The average Bonchev–Trinajstić information content (AvgIpc) is 2.49. The third kappa shape index (κ3) is 4.84. The number of nitrogens with one attached hydrogen (secondary N) is 2. The standard InChI is InChI=1S/C13H22N4O2S2/c1-2-14-12-4-3-5-15-13(12)21(18,19)16-6-7-17-8-10-20-11-9-17/h3-5,14,16H,2,6-11H2,1H3. The number of nitrogens with zero attached hydrogens (tertiary/aromatic N) is 2. The number of hydrogen-bond donors (Lipinski definition) is 2. The van der Waals surface area contributed by atoms with Crippen LogP contribution in [0.5, 0.6) is 0 Å². The third-order valence-corrected chi connectivity index (χ3v) is 5.58. The molecule has 1 aliphatic heterocycles. The second kappa shape index (κ2) is 7.98. The molecular weight excluding hydrogens is 308 g/mol. The van der Waals surface area contributed by atoms with Crippen molar-refractivity contribution in [1.82, 2.24) is 14.6 Å². The van der Waals surface area contributed by atoms with Gasteiger partial charge in [0.25, 0.3) is 10.0 Å². The molecule has 1 aliphatic rings. The van der Waals surface area contributed by atoms with E-state index in [0.717, 1.165) is 31.1 Å². The molecule has 118 valence electrons. The Morgan fingerprint density at radius 3 is 2.86 bits per heavy atom. The molecular formula is C13H22N4O2S2. The van der Waals surface area contributed by atoms with Gasteiger partial charge in [0.15, 0.2) is 5.03 Å². The zero-order chi connectivity index (χ0) is 15.1. The van der Waals surface area contributed by atoms with Crippen LogP contribution in [0.25, 0.3) is 0 Å². The lowest BCUT2D eigenvalue weighted by Gasteiger charge is -2.26. The summed E-state index contributed by atoms with van der Waals surface area (Å²) in [6.07, 6.45) is 1.50. The first-order chi connectivity index (χ1) is 10.1. The van der Waals surface area contributed by atoms with E-state index in [1.807, 2.05) is 18.7 Å². The molecule has 1 saturated heterocycles. The summed E-state index contributed by atoms with van der Waals surface area (Å²) in [5.74, 6) is 2.25. The number of thioether (sulfide) groups is 1. The summed E-state index contributed by atoms with van der Waals surface area (Å²) in [6, 6.07) is 3.45. The van der Waals surface area contributed by atoms with Crippen LogP contribution in [0.3, 0.4) is 0 Å². The van der Waals surface area contributed by atoms with Gasteiger partial charge < -0.3 is 10.2 Å². The summed E-state index contributed by atoms with van der Waals surface area (Å²) in [6.45, 7) is 5.78. The van der Waals surface area contributed by atoms with E-state index in [1.165, 1.54) is 6.20 Å². The highest BCUT2D eigenvalue weighted by molar-refractivity contribution is 7.99. The Morgan fingerprint density at radius 1 is 1.38 bits per heavy atom. The van der Waals surface area contributed by atoms with Gasteiger partial charge in [-0.1, -0.05) is 0 Å². The molecule has 0 aliphatic carbocycles. The van der Waals surface area contributed by atoms with Crippen LogP contribution in [-0.2, 0) is 10.0 Å². The molecule has 0 aromatic carbocycles. The monoisotopic (exact) mass is 330 g/mol. The Kier molecular flexibility index (Phi) is 6.28. The third-order valence-electron chi connectivity index (χ3n) is 3.22. The van der Waals surface area contributed by atoms with Gasteiger partial charge in [0.05, 0.1) is 5.69 Å². The number of rotatable bonds is 7. The highest BCUT2D eigenvalue weighted by atomic mass is 32.2. The molecule has 0 atom stereocenters. The van der Waals surface area contributed by atoms with Crippen molar-refractivity contribution in [2.45, 2.75) is 11.9 Å². The first-order valence-corrected chi connectivity index (χ1v) is 9.76. The fourth-order valence-electron chi connectivity index (χ4n) is 2.16. The number of aromatic nitrogens is 1. The minimum atomic E-state index is -3.57. The molecule has 0 radical (unpaired) electrons. The van der Waals surface area contributed by atoms with E-state index in [-0.39, 0.29) is 5.03 Å². The van der Waals surface area contributed by atoms with Gasteiger partial charge in [-0.3, -0.25) is 0 Å². The molecule has 6 nitrogen and oxygen atoms in total. The molecule has 2 heterocycles. The highest BCUT2D eigenvalue weighted by Gasteiger charge is 2.20. The lowest BCUT2D eigenvalue weighted by atomic mass is 10.4. The smallest absolute Gasteiger partial charge is 0.260 e. The first-order valence-electron chi connectivity index (χ1n) is 7.12. The summed E-state index contributed by atoms with van der Waals surface area (Å²) in [7, 11) is -3.57. The van der Waals surface area contributed by atoms with Gasteiger partial charge >= 0.3 is 0 Å². The van der Waals surface area contributed by atoms with Gasteiger partial charge in [-0.25, -0.2) is 18.1 Å². The van der Waals surface area contributed by atoms with Crippen LogP contribution in [0, 0.1) is 0 Å². The Morgan fingerprint density at radius 2 is 2.14 bits per heavy atom. The largest absolute Gasteiger partial charge is 0.383 e. The molecule has 2 rings (SSSR count). The molecule has 0 unspecified atom stereocenters. The van der Waals surface area contributed by atoms with Crippen LogP contribution in [0.2, 0.25) is 0 Å². The van der Waals surface area contributed by atoms with Crippen LogP contribution in [0.4, 0.5) is 5.69 Å². The molecule has 0 spiro atoms. The normalized spacial score (nSPS) is 16.8. The summed E-state index contributed by atoms with van der Waals surface area (Å²) in [5, 5.41) is 3.10. The molecule has 8 heteroatoms. The predicted octanol–water partition coefficient (Wildman–Crippen LogP) is 0.841. The summed E-state index contributed by atoms with van der Waals surface area (Å²) in [4.78, 5) is 6.28. The number of sulfonamides is 1. The van der Waals surface area contributed by atoms with Crippen molar-refractivity contribution in [3.05, 3.63) is 18.3 Å². The topological polar surface area (TPSA) is 74.3 Å². The minimum Gasteiger partial charge on any atom is -0.383 e. The van der Waals surface area contributed by atoms with Crippen LogP contribution in [-0.4, -0.2) is 62.5 Å². The maximum absolute atomic E-state index is 12.3. The van der Waals surface area contributed by atoms with E-state index in [1.54, 1.807) is 12.1 Å². The lowest BCUT2D eigenvalue weighted by Crippen LogP contribution is -2.39. The van der Waals surface area contributed by atoms with Crippen molar-refractivity contribution >= 4 is 27.5 Å². The van der Waals surface area contributed by atoms with E-state index in [2.05, 4.69) is 19.9 Å². The molecule has 0 saturated carbocycles. The summed E-state index contributed by atoms with van der Waals surface area (Å²) < 4.78 is 27.3. The van der Waals surface area contributed by atoms with Crippen LogP contribution in [0.15, 0.2) is 23.4 Å². The van der Waals surface area contributed by atoms with Gasteiger partial charge in [-0.05, 0) is 19.1 Å². The van der Waals surface area contributed by atoms with E-state index in [0.29, 0.717) is 18.8 Å². The molecule has 1 aromatic heterocycles. The second-order valence-electron chi connectivity index (χ2n) is 4.74. The van der Waals surface area contributed by atoms with Crippen molar-refractivity contribution in [3.63, 3.8) is 0 Å². The zero-order valence-corrected chi connectivity index (χ0v) is 13.8. The van der Waals surface area contributed by atoms with E-state index >= 15 is 0 Å². The number of pyridine rings is 1. The quantitative estimate of drug-likeness (QED) is 0.772. The van der Waals surface area contributed by atoms with Crippen molar-refractivity contribution in [3.8, 4) is 0 Å². The summed E-state index contributed by atoms with van der Waals surface area (Å²) >= 11 is 1.94. The fraction of sp³-hybridized carbons (Fsp3) is 0.615. The SMILES string of the molecule is CCNc1cccnc1S(=O)(=O)NCCN1CCSCC1. The second-order valence-corrected chi connectivity index (χ2v) is 7.65. The average molecular weight is 330 g/mol.